The predicted molar refractivity (Wildman–Crippen MR) is 76.0 cm³/mol. The van der Waals surface area contributed by atoms with Gasteiger partial charge >= 0.3 is 0 Å². The first-order valence-corrected chi connectivity index (χ1v) is 6.69. The monoisotopic (exact) mass is 308 g/mol. The van der Waals surface area contributed by atoms with Crippen LogP contribution in [0.1, 0.15) is 30.2 Å². The molecule has 0 saturated carbocycles. The molecule has 1 unspecified atom stereocenters. The van der Waals surface area contributed by atoms with E-state index in [0.717, 1.165) is 21.8 Å². The van der Waals surface area contributed by atoms with Gasteiger partial charge in [0.25, 0.3) is 0 Å². The molecule has 0 saturated heterocycles. The third-order valence-electron chi connectivity index (χ3n) is 3.00. The van der Waals surface area contributed by atoms with E-state index in [9.17, 15) is 0 Å². The Labute approximate surface area is 116 Å². The molecule has 0 aliphatic rings. The minimum atomic E-state index is 0.261. The fourth-order valence-electron chi connectivity index (χ4n) is 1.97. The SMILES string of the molecule is CNC(C)c1ccc(Br)cc1-n1nc(C)nc1C. The molecule has 0 spiro atoms. The molecule has 0 fully saturated rings. The average Bonchev–Trinajstić information content (AvgIpc) is 2.67. The second kappa shape index (κ2) is 5.20. The van der Waals surface area contributed by atoms with Gasteiger partial charge in [0.15, 0.2) is 0 Å². The molecular formula is C13H17BrN4. The summed E-state index contributed by atoms with van der Waals surface area (Å²) in [6.45, 7) is 6.00. The van der Waals surface area contributed by atoms with Gasteiger partial charge in [-0.05, 0) is 45.5 Å². The van der Waals surface area contributed by atoms with Gasteiger partial charge in [-0.2, -0.15) is 5.10 Å². The van der Waals surface area contributed by atoms with Crippen molar-refractivity contribution in [2.24, 2.45) is 0 Å². The Hall–Kier alpha value is -1.20. The van der Waals surface area contributed by atoms with E-state index in [2.05, 4.69) is 50.4 Å². The zero-order valence-electron chi connectivity index (χ0n) is 11.0. The molecule has 1 N–H and O–H groups in total. The van der Waals surface area contributed by atoms with Crippen LogP contribution in [0.2, 0.25) is 0 Å². The van der Waals surface area contributed by atoms with Crippen molar-refractivity contribution in [3.8, 4) is 5.69 Å². The summed E-state index contributed by atoms with van der Waals surface area (Å²) in [6.07, 6.45) is 0. The average molecular weight is 309 g/mol. The molecule has 0 radical (unpaired) electrons. The van der Waals surface area contributed by atoms with Crippen molar-refractivity contribution in [2.75, 3.05) is 7.05 Å². The molecule has 1 aromatic carbocycles. The standard InChI is InChI=1S/C13H17BrN4/c1-8(15-4)12-6-5-11(14)7-13(12)18-10(3)16-9(2)17-18/h5-8,15H,1-4H3. The normalized spacial score (nSPS) is 12.7. The molecule has 18 heavy (non-hydrogen) atoms. The highest BCUT2D eigenvalue weighted by Crippen LogP contribution is 2.25. The molecule has 0 amide bonds. The van der Waals surface area contributed by atoms with E-state index in [0.29, 0.717) is 0 Å². The van der Waals surface area contributed by atoms with Crippen LogP contribution in [0.4, 0.5) is 0 Å². The van der Waals surface area contributed by atoms with Crippen molar-refractivity contribution >= 4 is 15.9 Å². The quantitative estimate of drug-likeness (QED) is 0.948. The minimum absolute atomic E-state index is 0.261. The largest absolute Gasteiger partial charge is 0.313 e. The maximum Gasteiger partial charge on any atom is 0.148 e. The predicted octanol–water partition coefficient (Wildman–Crippen LogP) is 2.93. The van der Waals surface area contributed by atoms with E-state index >= 15 is 0 Å². The van der Waals surface area contributed by atoms with Gasteiger partial charge in [-0.3, -0.25) is 0 Å². The number of hydrogen-bond donors (Lipinski definition) is 1. The molecule has 0 aliphatic heterocycles. The molecule has 2 rings (SSSR count). The van der Waals surface area contributed by atoms with Crippen molar-refractivity contribution in [1.82, 2.24) is 20.1 Å². The summed E-state index contributed by atoms with van der Waals surface area (Å²) in [5.74, 6) is 1.69. The van der Waals surface area contributed by atoms with E-state index in [1.807, 2.05) is 31.6 Å². The minimum Gasteiger partial charge on any atom is -0.313 e. The zero-order chi connectivity index (χ0) is 13.3. The van der Waals surface area contributed by atoms with Crippen molar-refractivity contribution in [2.45, 2.75) is 26.8 Å². The molecule has 2 aromatic rings. The Bertz CT molecular complexity index is 562. The van der Waals surface area contributed by atoms with Crippen LogP contribution in [0, 0.1) is 13.8 Å². The maximum absolute atomic E-state index is 4.46. The van der Waals surface area contributed by atoms with Crippen LogP contribution >= 0.6 is 15.9 Å². The summed E-state index contributed by atoms with van der Waals surface area (Å²) in [7, 11) is 1.95. The number of halogens is 1. The van der Waals surface area contributed by atoms with Gasteiger partial charge < -0.3 is 5.32 Å². The highest BCUT2D eigenvalue weighted by Gasteiger charge is 2.14. The van der Waals surface area contributed by atoms with Crippen molar-refractivity contribution in [3.05, 3.63) is 39.9 Å². The fourth-order valence-corrected chi connectivity index (χ4v) is 2.32. The lowest BCUT2D eigenvalue weighted by molar-refractivity contribution is 0.642. The Morgan fingerprint density at radius 1 is 1.33 bits per heavy atom. The first kappa shape index (κ1) is 13.2. The Kier molecular flexibility index (Phi) is 3.82. The lowest BCUT2D eigenvalue weighted by atomic mass is 10.1. The summed E-state index contributed by atoms with van der Waals surface area (Å²) >= 11 is 3.51. The van der Waals surface area contributed by atoms with Gasteiger partial charge in [-0.1, -0.05) is 22.0 Å². The fraction of sp³-hybridized carbons (Fsp3) is 0.385. The molecule has 1 aromatic heterocycles. The topological polar surface area (TPSA) is 42.7 Å². The molecule has 5 heteroatoms. The van der Waals surface area contributed by atoms with Gasteiger partial charge in [-0.15, -0.1) is 0 Å². The zero-order valence-corrected chi connectivity index (χ0v) is 12.6. The van der Waals surface area contributed by atoms with E-state index in [4.69, 9.17) is 0 Å². The smallest absolute Gasteiger partial charge is 0.148 e. The summed E-state index contributed by atoms with van der Waals surface area (Å²) in [6, 6.07) is 6.49. The van der Waals surface area contributed by atoms with Crippen LogP contribution < -0.4 is 5.32 Å². The molecule has 4 nitrogen and oxygen atoms in total. The Balaban J connectivity index is 2.61. The molecule has 0 bridgehead atoms. The summed E-state index contributed by atoms with van der Waals surface area (Å²) in [4.78, 5) is 4.36. The molecule has 1 atom stereocenters. The van der Waals surface area contributed by atoms with Gasteiger partial charge in [0.2, 0.25) is 0 Å². The second-order valence-corrected chi connectivity index (χ2v) is 5.25. The van der Waals surface area contributed by atoms with Crippen LogP contribution in [0.3, 0.4) is 0 Å². The first-order valence-electron chi connectivity index (χ1n) is 5.90. The van der Waals surface area contributed by atoms with Crippen LogP contribution in [-0.2, 0) is 0 Å². The van der Waals surface area contributed by atoms with Crippen LogP contribution in [-0.4, -0.2) is 21.8 Å². The number of benzene rings is 1. The van der Waals surface area contributed by atoms with E-state index in [1.54, 1.807) is 0 Å². The molecule has 1 heterocycles. The summed E-state index contributed by atoms with van der Waals surface area (Å²) < 4.78 is 2.93. The van der Waals surface area contributed by atoms with E-state index in [1.165, 1.54) is 5.56 Å². The van der Waals surface area contributed by atoms with Crippen molar-refractivity contribution < 1.29 is 0 Å². The number of aromatic nitrogens is 3. The van der Waals surface area contributed by atoms with Crippen LogP contribution in [0.25, 0.3) is 5.69 Å². The summed E-state index contributed by atoms with van der Waals surface area (Å²) in [5, 5.41) is 7.72. The van der Waals surface area contributed by atoms with Gasteiger partial charge in [0.1, 0.15) is 11.6 Å². The van der Waals surface area contributed by atoms with Crippen molar-refractivity contribution in [3.63, 3.8) is 0 Å². The van der Waals surface area contributed by atoms with Crippen molar-refractivity contribution in [1.29, 1.82) is 0 Å². The first-order chi connectivity index (χ1) is 8.52. The number of rotatable bonds is 3. The number of nitrogens with zero attached hydrogens (tertiary/aromatic N) is 3. The van der Waals surface area contributed by atoms with Crippen LogP contribution in [0.15, 0.2) is 22.7 Å². The Morgan fingerprint density at radius 2 is 2.06 bits per heavy atom. The van der Waals surface area contributed by atoms with E-state index in [-0.39, 0.29) is 6.04 Å². The third kappa shape index (κ3) is 2.47. The lowest BCUT2D eigenvalue weighted by Crippen LogP contribution is -2.16. The number of nitrogens with one attached hydrogen (secondary N) is 1. The molecule has 0 aliphatic carbocycles. The molecular weight excluding hydrogens is 292 g/mol. The van der Waals surface area contributed by atoms with Gasteiger partial charge in [-0.25, -0.2) is 9.67 Å². The highest BCUT2D eigenvalue weighted by atomic mass is 79.9. The van der Waals surface area contributed by atoms with Crippen LogP contribution in [0.5, 0.6) is 0 Å². The number of hydrogen-bond acceptors (Lipinski definition) is 3. The third-order valence-corrected chi connectivity index (χ3v) is 3.49. The Morgan fingerprint density at radius 3 is 2.61 bits per heavy atom. The highest BCUT2D eigenvalue weighted by molar-refractivity contribution is 9.10. The number of aryl methyl sites for hydroxylation is 2. The van der Waals surface area contributed by atoms with Gasteiger partial charge in [0, 0.05) is 10.5 Å². The van der Waals surface area contributed by atoms with E-state index < -0.39 is 0 Å². The maximum atomic E-state index is 4.46. The lowest BCUT2D eigenvalue weighted by Gasteiger charge is -2.16. The van der Waals surface area contributed by atoms with Gasteiger partial charge in [0.05, 0.1) is 5.69 Å². The second-order valence-electron chi connectivity index (χ2n) is 4.33. The molecule has 96 valence electrons. The summed E-state index contributed by atoms with van der Waals surface area (Å²) in [5.41, 5.74) is 2.26.